The van der Waals surface area contributed by atoms with E-state index in [0.29, 0.717) is 6.61 Å². The fraction of sp³-hybridized carbons (Fsp3) is 1.00. The van der Waals surface area contributed by atoms with Gasteiger partial charge in [0.2, 0.25) is 0 Å². The van der Waals surface area contributed by atoms with Crippen LogP contribution in [-0.4, -0.2) is 49.0 Å². The molecule has 2 aliphatic carbocycles. The van der Waals surface area contributed by atoms with E-state index in [1.165, 1.54) is 51.4 Å². The Hall–Kier alpha value is -0.120. The number of β-amino-alcohol motifs (C(OH)–C–C–N with tert-alkyl or cyclic N) is 1. The summed E-state index contributed by atoms with van der Waals surface area (Å²) in [6, 6.07) is 0. The summed E-state index contributed by atoms with van der Waals surface area (Å²) >= 11 is 0. The Balaban J connectivity index is 1.24. The van der Waals surface area contributed by atoms with Gasteiger partial charge in [-0.3, -0.25) is 0 Å². The van der Waals surface area contributed by atoms with Crippen molar-refractivity contribution in [3.8, 4) is 0 Å². The lowest BCUT2D eigenvalue weighted by molar-refractivity contribution is 0.00805. The molecule has 3 fully saturated rings. The number of aliphatic hydroxyl groups excluding tert-OH is 1. The molecule has 1 aliphatic heterocycles. The van der Waals surface area contributed by atoms with Gasteiger partial charge in [-0.05, 0) is 69.4 Å². The van der Waals surface area contributed by atoms with Gasteiger partial charge in [-0.15, -0.1) is 0 Å². The van der Waals surface area contributed by atoms with Crippen molar-refractivity contribution >= 4 is 0 Å². The smallest absolute Gasteiger partial charge is 0.0900 e. The molecule has 2 bridgehead atoms. The van der Waals surface area contributed by atoms with Gasteiger partial charge in [-0.1, -0.05) is 12.8 Å². The van der Waals surface area contributed by atoms with Crippen molar-refractivity contribution in [1.82, 2.24) is 4.90 Å². The molecule has 1 N–H and O–H groups in total. The van der Waals surface area contributed by atoms with E-state index < -0.39 is 0 Å². The summed E-state index contributed by atoms with van der Waals surface area (Å²) < 4.78 is 5.73. The van der Waals surface area contributed by atoms with Crippen molar-refractivity contribution < 1.29 is 9.84 Å². The predicted molar refractivity (Wildman–Crippen MR) is 80.7 cm³/mol. The Morgan fingerprint density at radius 2 is 1.95 bits per heavy atom. The fourth-order valence-corrected chi connectivity index (χ4v) is 4.68. The number of hydrogen-bond acceptors (Lipinski definition) is 3. The molecule has 2 saturated carbocycles. The summed E-state index contributed by atoms with van der Waals surface area (Å²) in [6.07, 6.45) is 10.7. The van der Waals surface area contributed by atoms with Gasteiger partial charge in [0, 0.05) is 13.2 Å². The van der Waals surface area contributed by atoms with Crippen LogP contribution in [0.1, 0.15) is 51.4 Å². The molecule has 116 valence electrons. The normalized spacial score (nSPS) is 35.5. The highest BCUT2D eigenvalue weighted by Gasteiger charge is 2.38. The van der Waals surface area contributed by atoms with Crippen molar-refractivity contribution in [2.75, 3.05) is 32.8 Å². The van der Waals surface area contributed by atoms with E-state index in [1.54, 1.807) is 0 Å². The van der Waals surface area contributed by atoms with Gasteiger partial charge in [0.15, 0.2) is 0 Å². The van der Waals surface area contributed by atoms with Crippen LogP contribution in [0, 0.1) is 17.8 Å². The van der Waals surface area contributed by atoms with Crippen LogP contribution in [0.3, 0.4) is 0 Å². The SMILES string of the molecule is OC(COCCC1CC2CCC1C2)CN1CCCCC1. The second kappa shape index (κ2) is 7.24. The monoisotopic (exact) mass is 281 g/mol. The quantitative estimate of drug-likeness (QED) is 0.728. The molecule has 0 radical (unpaired) electrons. The van der Waals surface area contributed by atoms with Crippen molar-refractivity contribution in [3.63, 3.8) is 0 Å². The maximum atomic E-state index is 10.0. The van der Waals surface area contributed by atoms with Gasteiger partial charge in [-0.2, -0.15) is 0 Å². The molecule has 0 aromatic rings. The third kappa shape index (κ3) is 3.96. The van der Waals surface area contributed by atoms with Gasteiger partial charge in [-0.25, -0.2) is 0 Å². The van der Waals surface area contributed by atoms with Gasteiger partial charge in [0.05, 0.1) is 12.7 Å². The van der Waals surface area contributed by atoms with Gasteiger partial charge < -0.3 is 14.7 Å². The lowest BCUT2D eigenvalue weighted by Gasteiger charge is -2.28. The summed E-state index contributed by atoms with van der Waals surface area (Å²) in [5.41, 5.74) is 0. The second-order valence-electron chi connectivity index (χ2n) is 7.31. The van der Waals surface area contributed by atoms with Crippen LogP contribution in [0.2, 0.25) is 0 Å². The first kappa shape index (κ1) is 14.8. The largest absolute Gasteiger partial charge is 0.389 e. The minimum atomic E-state index is -0.298. The molecule has 4 unspecified atom stereocenters. The van der Waals surface area contributed by atoms with Gasteiger partial charge in [0.1, 0.15) is 0 Å². The Bertz CT molecular complexity index is 291. The topological polar surface area (TPSA) is 32.7 Å². The molecule has 1 saturated heterocycles. The Labute approximate surface area is 123 Å². The first-order valence-corrected chi connectivity index (χ1v) is 8.79. The molecule has 3 heteroatoms. The summed E-state index contributed by atoms with van der Waals surface area (Å²) in [6.45, 7) is 4.49. The summed E-state index contributed by atoms with van der Waals surface area (Å²) in [5.74, 6) is 2.96. The van der Waals surface area contributed by atoms with Crippen LogP contribution >= 0.6 is 0 Å². The third-order valence-corrected chi connectivity index (χ3v) is 5.75. The van der Waals surface area contributed by atoms with Crippen molar-refractivity contribution in [3.05, 3.63) is 0 Å². The number of rotatable bonds is 7. The van der Waals surface area contributed by atoms with Gasteiger partial charge in [0.25, 0.3) is 0 Å². The van der Waals surface area contributed by atoms with Crippen molar-refractivity contribution in [1.29, 1.82) is 0 Å². The highest BCUT2D eigenvalue weighted by Crippen LogP contribution is 2.49. The van der Waals surface area contributed by atoms with E-state index >= 15 is 0 Å². The number of aliphatic hydroxyl groups is 1. The van der Waals surface area contributed by atoms with Crippen LogP contribution in [0.4, 0.5) is 0 Å². The van der Waals surface area contributed by atoms with E-state index in [4.69, 9.17) is 4.74 Å². The number of piperidine rings is 1. The van der Waals surface area contributed by atoms with E-state index in [0.717, 1.165) is 44.0 Å². The molecule has 1 heterocycles. The molecule has 0 aromatic carbocycles. The molecular weight excluding hydrogens is 250 g/mol. The van der Waals surface area contributed by atoms with Crippen LogP contribution in [0.5, 0.6) is 0 Å². The highest BCUT2D eigenvalue weighted by atomic mass is 16.5. The number of fused-ring (bicyclic) bond motifs is 2. The Kier molecular flexibility index (Phi) is 5.36. The molecule has 20 heavy (non-hydrogen) atoms. The van der Waals surface area contributed by atoms with Crippen molar-refractivity contribution in [2.24, 2.45) is 17.8 Å². The zero-order valence-corrected chi connectivity index (χ0v) is 12.8. The molecule has 0 spiro atoms. The number of likely N-dealkylation sites (tertiary alicyclic amines) is 1. The molecule has 3 aliphatic rings. The summed E-state index contributed by atoms with van der Waals surface area (Å²) in [4.78, 5) is 2.38. The first-order valence-electron chi connectivity index (χ1n) is 8.79. The zero-order chi connectivity index (χ0) is 13.8. The number of hydrogen-bond donors (Lipinski definition) is 1. The molecule has 3 nitrogen and oxygen atoms in total. The van der Waals surface area contributed by atoms with Crippen LogP contribution in [0.15, 0.2) is 0 Å². The predicted octanol–water partition coefficient (Wildman–Crippen LogP) is 2.68. The summed E-state index contributed by atoms with van der Waals surface area (Å²) in [5, 5.41) is 10.0. The van der Waals surface area contributed by atoms with Gasteiger partial charge >= 0.3 is 0 Å². The lowest BCUT2D eigenvalue weighted by Crippen LogP contribution is -2.38. The molecular formula is C17H31NO2. The first-order chi connectivity index (χ1) is 9.81. The van der Waals surface area contributed by atoms with Crippen LogP contribution in [0.25, 0.3) is 0 Å². The fourth-order valence-electron chi connectivity index (χ4n) is 4.68. The molecule has 3 rings (SSSR count). The minimum Gasteiger partial charge on any atom is -0.389 e. The number of ether oxygens (including phenoxy) is 1. The second-order valence-corrected chi connectivity index (χ2v) is 7.31. The van der Waals surface area contributed by atoms with Crippen LogP contribution in [-0.2, 0) is 4.74 Å². The molecule has 0 aromatic heterocycles. The Morgan fingerprint density at radius 1 is 1.10 bits per heavy atom. The highest BCUT2D eigenvalue weighted by molar-refractivity contribution is 4.89. The molecule has 4 atom stereocenters. The Morgan fingerprint density at radius 3 is 2.65 bits per heavy atom. The average Bonchev–Trinajstić information content (AvgIpc) is 3.07. The van der Waals surface area contributed by atoms with E-state index in [1.807, 2.05) is 0 Å². The van der Waals surface area contributed by atoms with Crippen molar-refractivity contribution in [2.45, 2.75) is 57.5 Å². The maximum Gasteiger partial charge on any atom is 0.0900 e. The van der Waals surface area contributed by atoms with E-state index in [2.05, 4.69) is 4.90 Å². The number of nitrogens with zero attached hydrogens (tertiary/aromatic N) is 1. The van der Waals surface area contributed by atoms with E-state index in [9.17, 15) is 5.11 Å². The maximum absolute atomic E-state index is 10.0. The standard InChI is InChI=1S/C17H31NO2/c19-17(12-18-7-2-1-3-8-18)13-20-9-6-16-11-14-4-5-15(16)10-14/h14-17,19H,1-13H2. The molecule has 0 amide bonds. The third-order valence-electron chi connectivity index (χ3n) is 5.75. The minimum absolute atomic E-state index is 0.298. The zero-order valence-electron chi connectivity index (χ0n) is 12.8. The lowest BCUT2D eigenvalue weighted by atomic mass is 9.87. The van der Waals surface area contributed by atoms with E-state index in [-0.39, 0.29) is 6.10 Å². The van der Waals surface area contributed by atoms with Crippen LogP contribution < -0.4 is 0 Å². The average molecular weight is 281 g/mol. The summed E-state index contributed by atoms with van der Waals surface area (Å²) in [7, 11) is 0.